The van der Waals surface area contributed by atoms with Gasteiger partial charge < -0.3 is 15.3 Å². The first-order valence-electron chi connectivity index (χ1n) is 10.1. The van der Waals surface area contributed by atoms with E-state index in [4.69, 9.17) is 0 Å². The fourth-order valence-corrected chi connectivity index (χ4v) is 3.05. The third-order valence-electron chi connectivity index (χ3n) is 4.77. The van der Waals surface area contributed by atoms with Gasteiger partial charge in [0.1, 0.15) is 5.75 Å². The highest BCUT2D eigenvalue weighted by Gasteiger charge is 2.09. The Balaban J connectivity index is 1.82. The Morgan fingerprint density at radius 2 is 1.73 bits per heavy atom. The number of aryl methyl sites for hydroxylation is 2. The molecule has 7 heteroatoms. The van der Waals surface area contributed by atoms with Crippen molar-refractivity contribution in [2.45, 2.75) is 40.5 Å². The van der Waals surface area contributed by atoms with Gasteiger partial charge in [0, 0.05) is 48.9 Å². The Kier molecular flexibility index (Phi) is 8.41. The van der Waals surface area contributed by atoms with Gasteiger partial charge in [-0.05, 0) is 51.5 Å². The number of carbonyl (C=O) groups excluding carboxylic acids is 2. The van der Waals surface area contributed by atoms with Crippen molar-refractivity contribution < 1.29 is 14.7 Å². The molecule has 0 spiro atoms. The van der Waals surface area contributed by atoms with Crippen LogP contribution >= 0.6 is 0 Å². The standard InChI is InChI=1S/C23H30N4O3/c1-5-27(6-2)19-9-8-18(21(28)14-19)15-24-26-23(30)12-11-22(29)25-20-10-7-16(3)13-17(20)4/h7-10,13-15,28H,5-6,11-12H2,1-4H3,(H,25,29)(H,26,30). The molecule has 0 aliphatic rings. The average Bonchev–Trinajstić information content (AvgIpc) is 2.71. The van der Waals surface area contributed by atoms with Gasteiger partial charge in [-0.2, -0.15) is 5.10 Å². The van der Waals surface area contributed by atoms with Gasteiger partial charge in [-0.1, -0.05) is 17.7 Å². The molecule has 0 unspecified atom stereocenters. The fraction of sp³-hybridized carbons (Fsp3) is 0.348. The zero-order valence-electron chi connectivity index (χ0n) is 18.0. The molecule has 0 saturated carbocycles. The number of hydrogen-bond acceptors (Lipinski definition) is 5. The van der Waals surface area contributed by atoms with Crippen LogP contribution in [0.1, 0.15) is 43.4 Å². The Bertz CT molecular complexity index is 921. The lowest BCUT2D eigenvalue weighted by Gasteiger charge is -2.21. The van der Waals surface area contributed by atoms with Gasteiger partial charge in [-0.25, -0.2) is 5.43 Å². The van der Waals surface area contributed by atoms with E-state index in [9.17, 15) is 14.7 Å². The first kappa shape index (κ1) is 22.9. The summed E-state index contributed by atoms with van der Waals surface area (Å²) in [5, 5.41) is 16.9. The van der Waals surface area contributed by atoms with Crippen molar-refractivity contribution in [3.8, 4) is 5.75 Å². The van der Waals surface area contributed by atoms with Gasteiger partial charge in [0.05, 0.1) is 6.21 Å². The van der Waals surface area contributed by atoms with Crippen molar-refractivity contribution in [3.05, 3.63) is 53.1 Å². The Morgan fingerprint density at radius 1 is 1.03 bits per heavy atom. The molecule has 0 fully saturated rings. The minimum Gasteiger partial charge on any atom is -0.507 e. The number of nitrogens with zero attached hydrogens (tertiary/aromatic N) is 2. The average molecular weight is 411 g/mol. The van der Waals surface area contributed by atoms with E-state index >= 15 is 0 Å². The number of amides is 2. The van der Waals surface area contributed by atoms with Crippen molar-refractivity contribution in [1.29, 1.82) is 0 Å². The summed E-state index contributed by atoms with van der Waals surface area (Å²) in [6.07, 6.45) is 1.45. The Hall–Kier alpha value is -3.35. The fourth-order valence-electron chi connectivity index (χ4n) is 3.05. The number of carbonyl (C=O) groups is 2. The molecular formula is C23H30N4O3. The van der Waals surface area contributed by atoms with Crippen LogP contribution in [0.15, 0.2) is 41.5 Å². The SMILES string of the molecule is CCN(CC)c1ccc(C=NNC(=O)CCC(=O)Nc2ccc(C)cc2C)c(O)c1. The number of phenols is 1. The summed E-state index contributed by atoms with van der Waals surface area (Å²) in [6, 6.07) is 11.1. The first-order chi connectivity index (χ1) is 14.3. The number of hydrazone groups is 1. The van der Waals surface area contributed by atoms with Crippen LogP contribution in [-0.2, 0) is 9.59 Å². The molecule has 0 atom stereocenters. The lowest BCUT2D eigenvalue weighted by molar-refractivity contribution is -0.124. The summed E-state index contributed by atoms with van der Waals surface area (Å²) in [6.45, 7) is 9.70. The molecular weight excluding hydrogens is 380 g/mol. The van der Waals surface area contributed by atoms with Gasteiger partial charge >= 0.3 is 0 Å². The van der Waals surface area contributed by atoms with Crippen molar-refractivity contribution in [2.24, 2.45) is 5.10 Å². The molecule has 30 heavy (non-hydrogen) atoms. The number of nitrogens with one attached hydrogen (secondary N) is 2. The predicted octanol–water partition coefficient (Wildman–Crippen LogP) is 3.72. The normalized spacial score (nSPS) is 10.8. The van der Waals surface area contributed by atoms with Gasteiger partial charge in [-0.3, -0.25) is 9.59 Å². The molecule has 0 aliphatic heterocycles. The molecule has 7 nitrogen and oxygen atoms in total. The van der Waals surface area contributed by atoms with E-state index in [0.29, 0.717) is 5.56 Å². The Morgan fingerprint density at radius 3 is 2.37 bits per heavy atom. The number of aromatic hydroxyl groups is 1. The lowest BCUT2D eigenvalue weighted by Crippen LogP contribution is -2.21. The van der Waals surface area contributed by atoms with Gasteiger partial charge in [0.15, 0.2) is 0 Å². The molecule has 2 aromatic carbocycles. The molecule has 2 rings (SSSR count). The monoisotopic (exact) mass is 410 g/mol. The molecule has 0 bridgehead atoms. The molecule has 0 radical (unpaired) electrons. The summed E-state index contributed by atoms with van der Waals surface area (Å²) in [5.41, 5.74) is 6.65. The van der Waals surface area contributed by atoms with Crippen LogP contribution in [-0.4, -0.2) is 36.2 Å². The van der Waals surface area contributed by atoms with E-state index < -0.39 is 0 Å². The highest BCUT2D eigenvalue weighted by Crippen LogP contribution is 2.23. The van der Waals surface area contributed by atoms with E-state index in [1.165, 1.54) is 6.21 Å². The number of anilines is 2. The second-order valence-corrected chi connectivity index (χ2v) is 7.08. The van der Waals surface area contributed by atoms with E-state index in [1.54, 1.807) is 12.1 Å². The van der Waals surface area contributed by atoms with Crippen molar-refractivity contribution in [1.82, 2.24) is 5.43 Å². The second kappa shape index (κ2) is 11.0. The van der Waals surface area contributed by atoms with E-state index in [-0.39, 0.29) is 30.4 Å². The molecule has 2 aromatic rings. The van der Waals surface area contributed by atoms with Gasteiger partial charge in [-0.15, -0.1) is 0 Å². The largest absolute Gasteiger partial charge is 0.507 e. The van der Waals surface area contributed by atoms with Crippen LogP contribution in [0.3, 0.4) is 0 Å². The maximum atomic E-state index is 12.1. The molecule has 3 N–H and O–H groups in total. The number of benzene rings is 2. The van der Waals surface area contributed by atoms with E-state index in [1.807, 2.05) is 52.0 Å². The van der Waals surface area contributed by atoms with Crippen LogP contribution in [0.4, 0.5) is 11.4 Å². The minimum atomic E-state index is -0.374. The molecule has 0 aromatic heterocycles. The number of rotatable bonds is 9. The summed E-state index contributed by atoms with van der Waals surface area (Å²) in [4.78, 5) is 26.1. The third kappa shape index (κ3) is 6.62. The van der Waals surface area contributed by atoms with Crippen LogP contribution in [0, 0.1) is 13.8 Å². The second-order valence-electron chi connectivity index (χ2n) is 7.08. The maximum Gasteiger partial charge on any atom is 0.240 e. The molecule has 2 amide bonds. The van der Waals surface area contributed by atoms with Crippen molar-refractivity contribution in [2.75, 3.05) is 23.3 Å². The smallest absolute Gasteiger partial charge is 0.240 e. The van der Waals surface area contributed by atoms with Crippen LogP contribution < -0.4 is 15.6 Å². The minimum absolute atomic E-state index is 0.0148. The maximum absolute atomic E-state index is 12.1. The van der Waals surface area contributed by atoms with Gasteiger partial charge in [0.25, 0.3) is 0 Å². The van der Waals surface area contributed by atoms with Crippen LogP contribution in [0.2, 0.25) is 0 Å². The van der Waals surface area contributed by atoms with Crippen molar-refractivity contribution in [3.63, 3.8) is 0 Å². The van der Waals surface area contributed by atoms with Crippen LogP contribution in [0.5, 0.6) is 5.75 Å². The topological polar surface area (TPSA) is 94.0 Å². The summed E-state index contributed by atoms with van der Waals surface area (Å²) < 4.78 is 0. The van der Waals surface area contributed by atoms with E-state index in [2.05, 4.69) is 20.7 Å². The van der Waals surface area contributed by atoms with Crippen molar-refractivity contribution >= 4 is 29.4 Å². The Labute approximate surface area is 177 Å². The molecule has 0 heterocycles. The molecule has 0 aliphatic carbocycles. The summed E-state index contributed by atoms with van der Waals surface area (Å²) in [5.74, 6) is -0.516. The predicted molar refractivity (Wildman–Crippen MR) is 121 cm³/mol. The highest BCUT2D eigenvalue weighted by atomic mass is 16.3. The highest BCUT2D eigenvalue weighted by molar-refractivity contribution is 5.94. The third-order valence-corrected chi connectivity index (χ3v) is 4.77. The summed E-state index contributed by atoms with van der Waals surface area (Å²) >= 11 is 0. The lowest BCUT2D eigenvalue weighted by atomic mass is 10.1. The number of hydrogen-bond donors (Lipinski definition) is 3. The molecule has 160 valence electrons. The van der Waals surface area contributed by atoms with Crippen LogP contribution in [0.25, 0.3) is 0 Å². The number of phenolic OH excluding ortho intramolecular Hbond substituents is 1. The van der Waals surface area contributed by atoms with E-state index in [0.717, 1.165) is 35.6 Å². The van der Waals surface area contributed by atoms with Gasteiger partial charge in [0.2, 0.25) is 11.8 Å². The zero-order valence-corrected chi connectivity index (χ0v) is 18.0. The zero-order chi connectivity index (χ0) is 22.1. The summed E-state index contributed by atoms with van der Waals surface area (Å²) in [7, 11) is 0. The first-order valence-corrected chi connectivity index (χ1v) is 10.1. The quantitative estimate of drug-likeness (QED) is 0.434. The molecule has 0 saturated heterocycles.